The van der Waals surface area contributed by atoms with Gasteiger partial charge in [0.15, 0.2) is 31.6 Å². The van der Waals surface area contributed by atoms with Gasteiger partial charge >= 0.3 is 0 Å². The molecule has 0 amide bonds. The van der Waals surface area contributed by atoms with Crippen molar-refractivity contribution in [2.45, 2.75) is 12.5 Å². The number of hydrogen-bond donors (Lipinski definition) is 2. The third kappa shape index (κ3) is 4.43. The van der Waals surface area contributed by atoms with Crippen molar-refractivity contribution < 1.29 is 17.9 Å². The van der Waals surface area contributed by atoms with Crippen molar-refractivity contribution in [3.63, 3.8) is 0 Å². The largest absolute Gasteiger partial charge is 0.493 e. The smallest absolute Gasteiger partial charge is 0.189 e. The van der Waals surface area contributed by atoms with Gasteiger partial charge in [-0.2, -0.15) is 0 Å². The van der Waals surface area contributed by atoms with E-state index in [1.165, 1.54) is 11.3 Å². The zero-order chi connectivity index (χ0) is 18.7. The van der Waals surface area contributed by atoms with Gasteiger partial charge in [-0.3, -0.25) is 0 Å². The van der Waals surface area contributed by atoms with Gasteiger partial charge in [0.1, 0.15) is 0 Å². The Hall–Kier alpha value is -1.91. The minimum absolute atomic E-state index is 0.115. The molecule has 1 aromatic heterocycles. The summed E-state index contributed by atoms with van der Waals surface area (Å²) in [4.78, 5) is 4.52. The highest BCUT2D eigenvalue weighted by atomic mass is 32.2. The summed E-state index contributed by atoms with van der Waals surface area (Å²) in [5.74, 6) is 1.60. The van der Waals surface area contributed by atoms with Crippen LogP contribution in [0.15, 0.2) is 23.6 Å². The van der Waals surface area contributed by atoms with Crippen LogP contribution in [-0.4, -0.2) is 50.3 Å². The summed E-state index contributed by atoms with van der Waals surface area (Å²) in [6, 6.07) is 5.44. The molecule has 140 valence electrons. The van der Waals surface area contributed by atoms with Gasteiger partial charge in [-0.25, -0.2) is 13.4 Å². The molecule has 0 unspecified atom stereocenters. The molecule has 1 saturated heterocycles. The summed E-state index contributed by atoms with van der Waals surface area (Å²) in [6.07, 6.45) is 0.568. The van der Waals surface area contributed by atoms with E-state index in [9.17, 15) is 8.42 Å². The lowest BCUT2D eigenvalue weighted by Gasteiger charge is -2.13. The number of methoxy groups -OCH3 is 2. The first kappa shape index (κ1) is 18.9. The Morgan fingerprint density at radius 1 is 1.31 bits per heavy atom. The van der Waals surface area contributed by atoms with Crippen molar-refractivity contribution in [3.05, 3.63) is 23.6 Å². The molecule has 2 heterocycles. The van der Waals surface area contributed by atoms with Crippen molar-refractivity contribution in [1.82, 2.24) is 10.3 Å². The molecular formula is C16H19N3O4S3. The van der Waals surface area contributed by atoms with E-state index in [4.69, 9.17) is 21.7 Å². The molecule has 1 atom stereocenters. The predicted octanol–water partition coefficient (Wildman–Crippen LogP) is 2.30. The van der Waals surface area contributed by atoms with E-state index >= 15 is 0 Å². The van der Waals surface area contributed by atoms with E-state index in [1.807, 2.05) is 23.6 Å². The van der Waals surface area contributed by atoms with Gasteiger partial charge in [0, 0.05) is 17.0 Å². The molecule has 1 fully saturated rings. The van der Waals surface area contributed by atoms with Gasteiger partial charge in [-0.15, -0.1) is 11.3 Å². The Labute approximate surface area is 161 Å². The van der Waals surface area contributed by atoms with Crippen molar-refractivity contribution in [2.24, 2.45) is 0 Å². The van der Waals surface area contributed by atoms with Crippen molar-refractivity contribution in [2.75, 3.05) is 31.0 Å². The normalized spacial score (nSPS) is 18.3. The Kier molecular flexibility index (Phi) is 5.64. The number of hydrogen-bond acceptors (Lipinski definition) is 7. The summed E-state index contributed by atoms with van der Waals surface area (Å²) in [6.45, 7) is 0. The number of sulfone groups is 1. The maximum absolute atomic E-state index is 11.5. The standard InChI is InChI=1S/C16H19N3O4S3/c1-22-13-4-3-10(7-14(13)23-2)12-8-25-16(18-12)19-15(24)17-11-5-6-26(20,21)9-11/h3-4,7-8,11H,5-6,9H2,1-2H3,(H2,17,18,19,24)/t11-/m0/s1. The van der Waals surface area contributed by atoms with Gasteiger partial charge in [-0.1, -0.05) is 0 Å². The lowest BCUT2D eigenvalue weighted by molar-refractivity contribution is 0.355. The molecule has 0 bridgehead atoms. The van der Waals surface area contributed by atoms with Crippen molar-refractivity contribution in [1.29, 1.82) is 0 Å². The fourth-order valence-corrected chi connectivity index (χ4v) is 5.41. The minimum Gasteiger partial charge on any atom is -0.493 e. The lowest BCUT2D eigenvalue weighted by Crippen LogP contribution is -2.38. The fraction of sp³-hybridized carbons (Fsp3) is 0.375. The maximum atomic E-state index is 11.5. The Morgan fingerprint density at radius 2 is 2.08 bits per heavy atom. The molecule has 2 N–H and O–H groups in total. The molecule has 3 rings (SSSR count). The molecule has 10 heteroatoms. The van der Waals surface area contributed by atoms with E-state index in [1.54, 1.807) is 14.2 Å². The molecule has 0 aliphatic carbocycles. The molecular weight excluding hydrogens is 394 g/mol. The minimum atomic E-state index is -2.94. The Morgan fingerprint density at radius 3 is 2.73 bits per heavy atom. The first-order chi connectivity index (χ1) is 12.4. The van der Waals surface area contributed by atoms with Crippen LogP contribution in [-0.2, 0) is 9.84 Å². The Bertz CT molecular complexity index is 911. The fourth-order valence-electron chi connectivity index (χ4n) is 2.69. The number of aromatic nitrogens is 1. The first-order valence-corrected chi connectivity index (χ1v) is 11.0. The molecule has 0 saturated carbocycles. The molecule has 2 aromatic rings. The predicted molar refractivity (Wildman–Crippen MR) is 107 cm³/mol. The highest BCUT2D eigenvalue weighted by molar-refractivity contribution is 7.91. The zero-order valence-corrected chi connectivity index (χ0v) is 16.8. The second-order valence-electron chi connectivity index (χ2n) is 5.81. The maximum Gasteiger partial charge on any atom is 0.189 e. The highest BCUT2D eigenvalue weighted by Crippen LogP contribution is 2.33. The SMILES string of the molecule is COc1ccc(-c2csc(NC(=S)N[C@H]3CCS(=O)(=O)C3)n2)cc1OC. The van der Waals surface area contributed by atoms with Gasteiger partial charge in [0.2, 0.25) is 0 Å². The number of nitrogens with zero attached hydrogens (tertiary/aromatic N) is 1. The Balaban J connectivity index is 1.65. The van der Waals surface area contributed by atoms with Crippen LogP contribution < -0.4 is 20.1 Å². The lowest BCUT2D eigenvalue weighted by atomic mass is 10.1. The van der Waals surface area contributed by atoms with Crippen molar-refractivity contribution in [3.8, 4) is 22.8 Å². The number of nitrogens with one attached hydrogen (secondary N) is 2. The van der Waals surface area contributed by atoms with E-state index in [2.05, 4.69) is 15.6 Å². The van der Waals surface area contributed by atoms with Gasteiger partial charge < -0.3 is 20.1 Å². The van der Waals surface area contributed by atoms with Crippen LogP contribution >= 0.6 is 23.6 Å². The molecule has 1 aliphatic heterocycles. The summed E-state index contributed by atoms with van der Waals surface area (Å²) in [5.41, 5.74) is 1.68. The number of anilines is 1. The number of rotatable bonds is 5. The molecule has 0 spiro atoms. The van der Waals surface area contributed by atoms with E-state index in [0.717, 1.165) is 11.3 Å². The van der Waals surface area contributed by atoms with E-state index < -0.39 is 9.84 Å². The number of ether oxygens (including phenoxy) is 2. The third-order valence-electron chi connectivity index (χ3n) is 3.97. The zero-order valence-electron chi connectivity index (χ0n) is 14.3. The van der Waals surface area contributed by atoms with Crippen LogP contribution in [0, 0.1) is 0 Å². The number of thiocarbonyl (C=S) groups is 1. The molecule has 7 nitrogen and oxygen atoms in total. The number of thiazole rings is 1. The molecule has 1 aliphatic rings. The second kappa shape index (κ2) is 7.77. The quantitative estimate of drug-likeness (QED) is 0.722. The molecule has 26 heavy (non-hydrogen) atoms. The third-order valence-corrected chi connectivity index (χ3v) is 6.72. The topological polar surface area (TPSA) is 89.6 Å². The highest BCUT2D eigenvalue weighted by Gasteiger charge is 2.28. The number of benzene rings is 1. The summed E-state index contributed by atoms with van der Waals surface area (Å²) >= 11 is 6.67. The van der Waals surface area contributed by atoms with Crippen LogP contribution in [0.25, 0.3) is 11.3 Å². The average molecular weight is 414 g/mol. The van der Waals surface area contributed by atoms with Crippen LogP contribution in [0.1, 0.15) is 6.42 Å². The summed E-state index contributed by atoms with van der Waals surface area (Å²) in [5, 5.41) is 8.97. The summed E-state index contributed by atoms with van der Waals surface area (Å²) in [7, 11) is 0.232. The van der Waals surface area contributed by atoms with Gasteiger partial charge in [0.05, 0.1) is 31.4 Å². The molecule has 1 aromatic carbocycles. The monoisotopic (exact) mass is 413 g/mol. The van der Waals surface area contributed by atoms with Crippen LogP contribution in [0.2, 0.25) is 0 Å². The van der Waals surface area contributed by atoms with Crippen LogP contribution in [0.3, 0.4) is 0 Å². The van der Waals surface area contributed by atoms with Crippen LogP contribution in [0.4, 0.5) is 5.13 Å². The first-order valence-electron chi connectivity index (χ1n) is 7.86. The van der Waals surface area contributed by atoms with Gasteiger partial charge in [0.25, 0.3) is 0 Å². The summed E-state index contributed by atoms with van der Waals surface area (Å²) < 4.78 is 33.6. The van der Waals surface area contributed by atoms with Gasteiger partial charge in [-0.05, 0) is 36.8 Å². The average Bonchev–Trinajstić information content (AvgIpc) is 3.20. The van der Waals surface area contributed by atoms with E-state index in [-0.39, 0.29) is 17.5 Å². The second-order valence-corrected chi connectivity index (χ2v) is 9.30. The van der Waals surface area contributed by atoms with E-state index in [0.29, 0.717) is 28.2 Å². The molecule has 0 radical (unpaired) electrons. The van der Waals surface area contributed by atoms with Crippen molar-refractivity contribution >= 4 is 43.6 Å². The van der Waals surface area contributed by atoms with Crippen LogP contribution in [0.5, 0.6) is 11.5 Å².